The zero-order chi connectivity index (χ0) is 52.8. The Balaban J connectivity index is 0.000000299. The van der Waals surface area contributed by atoms with Crippen molar-refractivity contribution in [3.05, 3.63) is 238 Å². The molecule has 0 saturated heterocycles. The molecule has 0 fully saturated rings. The summed E-state index contributed by atoms with van der Waals surface area (Å²) >= 11 is 0. The standard InChI is InChI=1S/C42H34N8O2.2C7H8O3S/c1-47-37(29-49-25-5-3-7-39(47)49)23-17-31-9-13-33(14-10-31)27-43-45-41(51)35-19-21-36(22-20-35)42(52)46-44-28-34-15-11-32(12-16-34)18-24-38-30-50-26-6-4-8-40(50)48(38)2;2*1-6-2-4-7(5-3-6)11(8,9)10/h3-30H,1-2H3;2*2-5H,1H3,(H,8,9,10)/b23-17+,24-18+,43-27+,44-28+;;. The Morgan fingerprint density at radius 1 is 0.473 bits per heavy atom. The summed E-state index contributed by atoms with van der Waals surface area (Å²) < 4.78 is 70.8. The van der Waals surface area contributed by atoms with Crippen molar-refractivity contribution in [2.45, 2.75) is 23.6 Å². The first-order chi connectivity index (χ1) is 35.4. The van der Waals surface area contributed by atoms with Crippen molar-refractivity contribution in [2.24, 2.45) is 24.3 Å². The maximum Gasteiger partial charge on any atom is 0.286 e. The molecule has 9 rings (SSSR count). The summed E-state index contributed by atoms with van der Waals surface area (Å²) in [5.74, 6) is -0.772. The summed E-state index contributed by atoms with van der Waals surface area (Å²) in [6.45, 7) is 3.64. The smallest absolute Gasteiger partial charge is 0.286 e. The Morgan fingerprint density at radius 2 is 0.811 bits per heavy atom. The van der Waals surface area contributed by atoms with Crippen LogP contribution in [-0.2, 0) is 34.3 Å². The molecule has 2 N–H and O–H groups in total. The number of pyridine rings is 2. The van der Waals surface area contributed by atoms with Crippen LogP contribution in [0.15, 0.2) is 203 Å². The molecule has 74 heavy (non-hydrogen) atoms. The molecule has 0 unspecified atom stereocenters. The molecular weight excluding hydrogens is 977 g/mol. The van der Waals surface area contributed by atoms with Gasteiger partial charge in [-0.25, -0.2) is 45.6 Å². The number of carbonyl (C=O) groups is 2. The van der Waals surface area contributed by atoms with Gasteiger partial charge >= 0.3 is 0 Å². The molecule has 0 saturated carbocycles. The van der Waals surface area contributed by atoms with Crippen LogP contribution in [0.2, 0.25) is 0 Å². The van der Waals surface area contributed by atoms with Crippen molar-refractivity contribution < 1.29 is 44.3 Å². The molecule has 16 nitrogen and oxygen atoms in total. The van der Waals surface area contributed by atoms with E-state index in [0.29, 0.717) is 11.1 Å². The third-order valence-electron chi connectivity index (χ3n) is 11.3. The molecule has 0 bridgehead atoms. The SMILES string of the molecule is Cc1ccc(S(=O)(=O)[O-])cc1.Cc1ccc(S(=O)(=O)[O-])cc1.Cn1c(/C=C/c2ccc(/C=N/NC(=O)c3ccc(C(=O)N/N=C/c4ccc(/C=C/c5c[n+]6ccccc6n5C)cc4)cc3)cc2)c[n+]2ccccc12. The van der Waals surface area contributed by atoms with Gasteiger partial charge in [-0.2, -0.15) is 10.2 Å². The molecule has 0 aliphatic carbocycles. The molecule has 4 aromatic heterocycles. The Labute approximate surface area is 428 Å². The molecule has 18 heteroatoms. The summed E-state index contributed by atoms with van der Waals surface area (Å²) in [7, 11) is -4.46. The summed E-state index contributed by atoms with van der Waals surface area (Å²) in [5.41, 5.74) is 15.8. The Hall–Kier alpha value is -8.94. The molecule has 5 aromatic carbocycles. The van der Waals surface area contributed by atoms with Crippen molar-refractivity contribution in [3.63, 3.8) is 0 Å². The van der Waals surface area contributed by atoms with Crippen LogP contribution >= 0.6 is 0 Å². The maximum atomic E-state index is 12.6. The van der Waals surface area contributed by atoms with E-state index in [1.807, 2.05) is 113 Å². The number of hydrogen-bond acceptors (Lipinski definition) is 10. The highest BCUT2D eigenvalue weighted by atomic mass is 32.2. The van der Waals surface area contributed by atoms with Gasteiger partial charge in [0.25, 0.3) is 23.1 Å². The van der Waals surface area contributed by atoms with Gasteiger partial charge in [0.2, 0.25) is 0 Å². The fourth-order valence-corrected chi connectivity index (χ4v) is 8.04. The molecule has 2 amide bonds. The number of rotatable bonds is 12. The van der Waals surface area contributed by atoms with E-state index in [1.54, 1.807) is 61.0 Å². The van der Waals surface area contributed by atoms with E-state index >= 15 is 0 Å². The minimum absolute atomic E-state index is 0.178. The second-order valence-corrected chi connectivity index (χ2v) is 19.4. The number of nitrogens with zero attached hydrogens (tertiary/aromatic N) is 6. The second-order valence-electron chi connectivity index (χ2n) is 16.7. The van der Waals surface area contributed by atoms with Gasteiger partial charge in [-0.3, -0.25) is 9.59 Å². The fourth-order valence-electron chi connectivity index (χ4n) is 7.11. The lowest BCUT2D eigenvalue weighted by atomic mass is 10.1. The highest BCUT2D eigenvalue weighted by molar-refractivity contribution is 7.86. The number of aryl methyl sites for hydroxylation is 4. The Morgan fingerprint density at radius 3 is 1.14 bits per heavy atom. The van der Waals surface area contributed by atoms with Gasteiger partial charge in [-0.15, -0.1) is 0 Å². The Bertz CT molecular complexity index is 3520. The lowest BCUT2D eigenvalue weighted by molar-refractivity contribution is -0.510. The molecule has 0 radical (unpaired) electrons. The average Bonchev–Trinajstić information content (AvgIpc) is 3.90. The first-order valence-electron chi connectivity index (χ1n) is 22.7. The molecule has 4 heterocycles. The normalized spacial score (nSPS) is 11.8. The fraction of sp³-hybridized carbons (Fsp3) is 0.0714. The van der Waals surface area contributed by atoms with Gasteiger partial charge < -0.3 is 9.11 Å². The molecule has 0 aliphatic heterocycles. The number of hydrogen-bond donors (Lipinski definition) is 2. The highest BCUT2D eigenvalue weighted by Gasteiger charge is 2.12. The lowest BCUT2D eigenvalue weighted by Gasteiger charge is -2.05. The van der Waals surface area contributed by atoms with Crippen molar-refractivity contribution in [3.8, 4) is 0 Å². The summed E-state index contributed by atoms with van der Waals surface area (Å²) in [5, 5.41) is 8.18. The molecule has 9 aromatic rings. The minimum atomic E-state index is -4.27. The lowest BCUT2D eigenvalue weighted by Crippen LogP contribution is -2.19. The zero-order valence-corrected chi connectivity index (χ0v) is 42.2. The molecule has 0 spiro atoms. The van der Waals surface area contributed by atoms with E-state index in [4.69, 9.17) is 0 Å². The summed E-state index contributed by atoms with van der Waals surface area (Å²) in [4.78, 5) is 24.9. The first-order valence-corrected chi connectivity index (χ1v) is 25.5. The van der Waals surface area contributed by atoms with E-state index in [0.717, 1.165) is 56.1 Å². The van der Waals surface area contributed by atoms with Crippen LogP contribution in [0.25, 0.3) is 35.6 Å². The average molecular weight is 1030 g/mol. The minimum Gasteiger partial charge on any atom is -0.744 e. The van der Waals surface area contributed by atoms with Crippen molar-refractivity contribution in [1.29, 1.82) is 0 Å². The van der Waals surface area contributed by atoms with E-state index < -0.39 is 20.2 Å². The van der Waals surface area contributed by atoms with Crippen LogP contribution in [0, 0.1) is 13.8 Å². The van der Waals surface area contributed by atoms with Crippen molar-refractivity contribution in [2.75, 3.05) is 0 Å². The first kappa shape index (κ1) is 52.9. The van der Waals surface area contributed by atoms with Gasteiger partial charge in [0, 0.05) is 23.3 Å². The third kappa shape index (κ3) is 14.6. The van der Waals surface area contributed by atoms with Crippen LogP contribution in [0.1, 0.15) is 65.5 Å². The van der Waals surface area contributed by atoms with Crippen molar-refractivity contribution >= 4 is 80.1 Å². The van der Waals surface area contributed by atoms with Gasteiger partial charge in [0.15, 0.2) is 11.4 Å². The summed E-state index contributed by atoms with van der Waals surface area (Å²) in [6, 6.07) is 45.7. The predicted octanol–water partition coefficient (Wildman–Crippen LogP) is 7.51. The van der Waals surface area contributed by atoms with Crippen LogP contribution in [-0.4, -0.2) is 59.3 Å². The number of nitrogens with one attached hydrogen (secondary N) is 2. The highest BCUT2D eigenvalue weighted by Crippen LogP contribution is 2.14. The molecule has 0 aliphatic rings. The van der Waals surface area contributed by atoms with Crippen LogP contribution < -0.4 is 19.7 Å². The predicted molar refractivity (Wildman–Crippen MR) is 283 cm³/mol. The Kier molecular flexibility index (Phi) is 17.1. The van der Waals surface area contributed by atoms with E-state index in [2.05, 4.69) is 87.8 Å². The number of imidazole rings is 2. The monoisotopic (exact) mass is 1030 g/mol. The summed E-state index contributed by atoms with van der Waals surface area (Å²) in [6.07, 6.45) is 19.6. The van der Waals surface area contributed by atoms with Gasteiger partial charge in [0.05, 0.1) is 48.7 Å². The number of amides is 2. The topological polar surface area (TPSA) is 215 Å². The molecule has 374 valence electrons. The number of fused-ring (bicyclic) bond motifs is 2. The van der Waals surface area contributed by atoms with Crippen LogP contribution in [0.3, 0.4) is 0 Å². The van der Waals surface area contributed by atoms with E-state index in [9.17, 15) is 35.5 Å². The third-order valence-corrected chi connectivity index (χ3v) is 13.0. The van der Waals surface area contributed by atoms with E-state index in [-0.39, 0.29) is 21.6 Å². The van der Waals surface area contributed by atoms with E-state index in [1.165, 1.54) is 24.3 Å². The van der Waals surface area contributed by atoms with Gasteiger partial charge in [0.1, 0.15) is 32.6 Å². The van der Waals surface area contributed by atoms with Gasteiger partial charge in [-0.1, -0.05) is 108 Å². The quantitative estimate of drug-likeness (QED) is 0.0539. The zero-order valence-electron chi connectivity index (χ0n) is 40.6. The number of hydrazone groups is 2. The number of aromatic nitrogens is 4. The van der Waals surface area contributed by atoms with Gasteiger partial charge in [-0.05, 0) is 109 Å². The maximum absolute atomic E-state index is 12.6. The van der Waals surface area contributed by atoms with Crippen LogP contribution in [0.4, 0.5) is 0 Å². The van der Waals surface area contributed by atoms with Crippen LogP contribution in [0.5, 0.6) is 0 Å². The van der Waals surface area contributed by atoms with Crippen molar-refractivity contribution in [1.82, 2.24) is 20.0 Å². The molecular formula is C56H50N8O8S2. The molecule has 0 atom stereocenters. The number of benzene rings is 5. The largest absolute Gasteiger partial charge is 0.744 e. The number of carbonyl (C=O) groups excluding carboxylic acids is 2. The second kappa shape index (κ2) is 24.0.